The zero-order chi connectivity index (χ0) is 12.3. The molecule has 0 aliphatic rings. The van der Waals surface area contributed by atoms with Gasteiger partial charge < -0.3 is 5.73 Å². The van der Waals surface area contributed by atoms with Crippen molar-refractivity contribution >= 4 is 43.6 Å². The molecule has 0 aromatic heterocycles. The minimum atomic E-state index is 0.558. The van der Waals surface area contributed by atoms with E-state index in [1.165, 1.54) is 9.79 Å². The van der Waals surface area contributed by atoms with E-state index in [1.54, 1.807) is 11.8 Å². The lowest BCUT2D eigenvalue weighted by molar-refractivity contribution is 1.06. The van der Waals surface area contributed by atoms with Gasteiger partial charge in [-0.25, -0.2) is 0 Å². The molecule has 88 valence electrons. The summed E-state index contributed by atoms with van der Waals surface area (Å²) >= 11 is 8.78. The highest BCUT2D eigenvalue weighted by atomic mass is 79.9. The summed E-state index contributed by atoms with van der Waals surface area (Å²) in [7, 11) is 0. The van der Waals surface area contributed by atoms with Gasteiger partial charge in [0.25, 0.3) is 0 Å². The quantitative estimate of drug-likeness (QED) is 0.835. The molecule has 2 aromatic carbocycles. The Hall–Kier alpha value is -0.290. The van der Waals surface area contributed by atoms with Crippen molar-refractivity contribution in [2.45, 2.75) is 16.3 Å². The average molecular weight is 373 g/mol. The minimum Gasteiger partial charge on any atom is -0.326 e. The van der Waals surface area contributed by atoms with Gasteiger partial charge in [0, 0.05) is 25.3 Å². The van der Waals surface area contributed by atoms with Gasteiger partial charge in [-0.1, -0.05) is 39.8 Å². The van der Waals surface area contributed by atoms with E-state index in [2.05, 4.69) is 50.1 Å². The molecule has 1 nitrogen and oxygen atoms in total. The highest BCUT2D eigenvalue weighted by molar-refractivity contribution is 9.10. The first-order valence-corrected chi connectivity index (χ1v) is 7.51. The number of hydrogen-bond donors (Lipinski definition) is 1. The van der Waals surface area contributed by atoms with Crippen LogP contribution in [0.5, 0.6) is 0 Å². The standard InChI is InChI=1S/C13H11Br2NS/c14-10-5-9(8-16)6-11(7-10)17-13-4-2-1-3-12(13)15/h1-7H,8,16H2. The van der Waals surface area contributed by atoms with E-state index < -0.39 is 0 Å². The van der Waals surface area contributed by atoms with Gasteiger partial charge in [0.05, 0.1) is 0 Å². The van der Waals surface area contributed by atoms with E-state index in [-0.39, 0.29) is 0 Å². The molecule has 2 rings (SSSR count). The van der Waals surface area contributed by atoms with Gasteiger partial charge in [-0.05, 0) is 51.8 Å². The Morgan fingerprint density at radius 3 is 2.53 bits per heavy atom. The molecule has 0 atom stereocenters. The third-order valence-electron chi connectivity index (χ3n) is 2.23. The van der Waals surface area contributed by atoms with Crippen molar-refractivity contribution in [1.82, 2.24) is 0 Å². The van der Waals surface area contributed by atoms with Crippen molar-refractivity contribution < 1.29 is 0 Å². The van der Waals surface area contributed by atoms with Crippen molar-refractivity contribution in [2.75, 3.05) is 0 Å². The Bertz CT molecular complexity index is 529. The summed E-state index contributed by atoms with van der Waals surface area (Å²) in [6, 6.07) is 14.5. The lowest BCUT2D eigenvalue weighted by Crippen LogP contribution is -1.96. The molecule has 0 fully saturated rings. The smallest absolute Gasteiger partial charge is 0.0314 e. The van der Waals surface area contributed by atoms with Crippen molar-refractivity contribution in [3.63, 3.8) is 0 Å². The van der Waals surface area contributed by atoms with Crippen molar-refractivity contribution in [1.29, 1.82) is 0 Å². The molecule has 0 saturated carbocycles. The third-order valence-corrected chi connectivity index (χ3v) is 4.69. The SMILES string of the molecule is NCc1cc(Br)cc(Sc2ccccc2Br)c1. The molecule has 0 aliphatic heterocycles. The molecule has 0 heterocycles. The Balaban J connectivity index is 2.30. The maximum absolute atomic E-state index is 5.67. The maximum atomic E-state index is 5.67. The molecular formula is C13H11Br2NS. The molecule has 17 heavy (non-hydrogen) atoms. The predicted molar refractivity (Wildman–Crippen MR) is 80.3 cm³/mol. The van der Waals surface area contributed by atoms with E-state index in [9.17, 15) is 0 Å². The van der Waals surface area contributed by atoms with Crippen LogP contribution in [0.4, 0.5) is 0 Å². The fourth-order valence-corrected chi connectivity index (χ4v) is 3.63. The van der Waals surface area contributed by atoms with Gasteiger partial charge in [0.1, 0.15) is 0 Å². The van der Waals surface area contributed by atoms with E-state index >= 15 is 0 Å². The summed E-state index contributed by atoms with van der Waals surface area (Å²) in [5.41, 5.74) is 6.80. The van der Waals surface area contributed by atoms with Crippen LogP contribution < -0.4 is 5.73 Å². The van der Waals surface area contributed by atoms with Gasteiger partial charge in [-0.3, -0.25) is 0 Å². The summed E-state index contributed by atoms with van der Waals surface area (Å²) in [5, 5.41) is 0. The summed E-state index contributed by atoms with van der Waals surface area (Å²) < 4.78 is 2.18. The number of nitrogens with two attached hydrogens (primary N) is 1. The zero-order valence-corrected chi connectivity index (χ0v) is 13.0. The lowest BCUT2D eigenvalue weighted by Gasteiger charge is -2.06. The second kappa shape index (κ2) is 6.05. The van der Waals surface area contributed by atoms with Crippen LogP contribution in [0.3, 0.4) is 0 Å². The molecule has 0 spiro atoms. The normalized spacial score (nSPS) is 10.5. The minimum absolute atomic E-state index is 0.558. The average Bonchev–Trinajstić information content (AvgIpc) is 2.31. The van der Waals surface area contributed by atoms with Gasteiger partial charge >= 0.3 is 0 Å². The Labute approximate surface area is 122 Å². The first kappa shape index (κ1) is 13.1. The second-order valence-corrected chi connectivity index (χ2v) is 6.42. The summed E-state index contributed by atoms with van der Waals surface area (Å²) in [6.07, 6.45) is 0. The summed E-state index contributed by atoms with van der Waals surface area (Å²) in [6.45, 7) is 0.558. The van der Waals surface area contributed by atoms with Crippen LogP contribution in [0.25, 0.3) is 0 Å². The van der Waals surface area contributed by atoms with Crippen LogP contribution in [0.15, 0.2) is 61.2 Å². The van der Waals surface area contributed by atoms with E-state index in [0.29, 0.717) is 6.54 Å². The van der Waals surface area contributed by atoms with Crippen LogP contribution >= 0.6 is 43.6 Å². The van der Waals surface area contributed by atoms with E-state index in [4.69, 9.17) is 5.73 Å². The Morgan fingerprint density at radius 1 is 1.06 bits per heavy atom. The lowest BCUT2D eigenvalue weighted by atomic mass is 10.2. The number of benzene rings is 2. The number of halogens is 2. The number of hydrogen-bond acceptors (Lipinski definition) is 2. The molecule has 0 aliphatic carbocycles. The highest BCUT2D eigenvalue weighted by Crippen LogP contribution is 2.34. The number of rotatable bonds is 3. The van der Waals surface area contributed by atoms with Gasteiger partial charge in [0.2, 0.25) is 0 Å². The Morgan fingerprint density at radius 2 is 1.82 bits per heavy atom. The van der Waals surface area contributed by atoms with Crippen LogP contribution in [0, 0.1) is 0 Å². The van der Waals surface area contributed by atoms with Crippen molar-refractivity contribution in [2.24, 2.45) is 5.73 Å². The largest absolute Gasteiger partial charge is 0.326 e. The molecule has 0 saturated heterocycles. The Kier molecular flexibility index (Phi) is 4.68. The maximum Gasteiger partial charge on any atom is 0.0314 e. The fraction of sp³-hybridized carbons (Fsp3) is 0.0769. The molecule has 0 radical (unpaired) electrons. The van der Waals surface area contributed by atoms with Crippen molar-refractivity contribution in [3.8, 4) is 0 Å². The molecule has 0 bridgehead atoms. The molecule has 2 aromatic rings. The zero-order valence-electron chi connectivity index (χ0n) is 8.99. The van der Waals surface area contributed by atoms with Gasteiger partial charge in [0.15, 0.2) is 0 Å². The molecule has 0 amide bonds. The fourth-order valence-electron chi connectivity index (χ4n) is 1.45. The van der Waals surface area contributed by atoms with Gasteiger partial charge in [-0.2, -0.15) is 0 Å². The highest BCUT2D eigenvalue weighted by Gasteiger charge is 2.03. The summed E-state index contributed by atoms with van der Waals surface area (Å²) in [4.78, 5) is 2.39. The van der Waals surface area contributed by atoms with Crippen LogP contribution in [-0.4, -0.2) is 0 Å². The monoisotopic (exact) mass is 371 g/mol. The molecular weight excluding hydrogens is 362 g/mol. The first-order chi connectivity index (χ1) is 8.19. The third kappa shape index (κ3) is 3.58. The van der Waals surface area contributed by atoms with Crippen LogP contribution in [0.2, 0.25) is 0 Å². The molecule has 0 unspecified atom stereocenters. The van der Waals surface area contributed by atoms with E-state index in [1.807, 2.05) is 24.3 Å². The molecule has 2 N–H and O–H groups in total. The van der Waals surface area contributed by atoms with Crippen LogP contribution in [-0.2, 0) is 6.54 Å². The predicted octanol–water partition coefficient (Wildman–Crippen LogP) is 4.82. The van der Waals surface area contributed by atoms with Crippen LogP contribution in [0.1, 0.15) is 5.56 Å². The van der Waals surface area contributed by atoms with Crippen molar-refractivity contribution in [3.05, 3.63) is 57.0 Å². The van der Waals surface area contributed by atoms with E-state index in [0.717, 1.165) is 14.5 Å². The second-order valence-electron chi connectivity index (χ2n) is 3.53. The summed E-state index contributed by atoms with van der Waals surface area (Å²) in [5.74, 6) is 0. The first-order valence-electron chi connectivity index (χ1n) is 5.11. The van der Waals surface area contributed by atoms with Gasteiger partial charge in [-0.15, -0.1) is 0 Å². The topological polar surface area (TPSA) is 26.0 Å². The molecule has 4 heteroatoms.